The first kappa shape index (κ1) is 14.3. The lowest BCUT2D eigenvalue weighted by molar-refractivity contribution is 0.0601. The molecule has 22 heavy (non-hydrogen) atoms. The zero-order valence-electron chi connectivity index (χ0n) is 11.7. The van der Waals surface area contributed by atoms with Crippen LogP contribution in [-0.2, 0) is 4.74 Å². The number of esters is 1. The van der Waals surface area contributed by atoms with Gasteiger partial charge in [-0.3, -0.25) is 5.10 Å². The van der Waals surface area contributed by atoms with E-state index in [1.54, 1.807) is 36.4 Å². The number of carbonyl (C=O) groups excluding carboxylic acids is 1. The maximum Gasteiger partial charge on any atom is 0.337 e. The van der Waals surface area contributed by atoms with E-state index in [2.05, 4.69) is 19.9 Å². The number of hydrogen-bond donors (Lipinski definition) is 1. The smallest absolute Gasteiger partial charge is 0.337 e. The van der Waals surface area contributed by atoms with Crippen molar-refractivity contribution in [2.75, 3.05) is 7.11 Å². The molecular formula is C16H12ClN3O2. The summed E-state index contributed by atoms with van der Waals surface area (Å²) in [6.07, 6.45) is 0. The first-order valence-electron chi connectivity index (χ1n) is 6.54. The summed E-state index contributed by atoms with van der Waals surface area (Å²) in [4.78, 5) is 15.9. The molecule has 3 rings (SSSR count). The van der Waals surface area contributed by atoms with E-state index >= 15 is 0 Å². The third kappa shape index (κ3) is 2.84. The lowest BCUT2D eigenvalue weighted by atomic mass is 10.1. The van der Waals surface area contributed by atoms with Crippen molar-refractivity contribution in [1.82, 2.24) is 15.2 Å². The molecule has 1 N–H and O–H groups in total. The number of H-pyrrole nitrogens is 1. The van der Waals surface area contributed by atoms with E-state index in [1.807, 2.05) is 12.1 Å². The third-order valence-corrected chi connectivity index (χ3v) is 3.42. The van der Waals surface area contributed by atoms with Crippen molar-refractivity contribution in [2.45, 2.75) is 0 Å². The van der Waals surface area contributed by atoms with Crippen molar-refractivity contribution in [3.8, 4) is 22.8 Å². The molecule has 0 fully saturated rings. The van der Waals surface area contributed by atoms with Gasteiger partial charge in [0.05, 0.1) is 12.7 Å². The summed E-state index contributed by atoms with van der Waals surface area (Å²) in [5.41, 5.74) is 2.19. The Morgan fingerprint density at radius 3 is 2.32 bits per heavy atom. The monoisotopic (exact) mass is 313 g/mol. The molecule has 2 aromatic carbocycles. The summed E-state index contributed by atoms with van der Waals surface area (Å²) >= 11 is 5.87. The van der Waals surface area contributed by atoms with Crippen LogP contribution in [0.15, 0.2) is 48.5 Å². The van der Waals surface area contributed by atoms with Crippen molar-refractivity contribution >= 4 is 17.6 Å². The van der Waals surface area contributed by atoms with Gasteiger partial charge in [0.1, 0.15) is 0 Å². The quantitative estimate of drug-likeness (QED) is 0.750. The van der Waals surface area contributed by atoms with Crippen LogP contribution in [0.2, 0.25) is 5.02 Å². The number of methoxy groups -OCH3 is 1. The molecule has 1 aromatic heterocycles. The SMILES string of the molecule is COC(=O)c1ccc(-c2n[nH]c(-c3ccc(Cl)cc3)n2)cc1. The first-order chi connectivity index (χ1) is 10.7. The summed E-state index contributed by atoms with van der Waals surface area (Å²) in [7, 11) is 1.35. The van der Waals surface area contributed by atoms with Gasteiger partial charge in [-0.1, -0.05) is 23.7 Å². The molecule has 0 amide bonds. The van der Waals surface area contributed by atoms with Gasteiger partial charge < -0.3 is 4.74 Å². The number of aromatic amines is 1. The van der Waals surface area contributed by atoms with Gasteiger partial charge in [-0.15, -0.1) is 0 Å². The number of benzene rings is 2. The van der Waals surface area contributed by atoms with Crippen LogP contribution in [0.4, 0.5) is 0 Å². The molecule has 0 aliphatic rings. The maximum atomic E-state index is 11.4. The largest absolute Gasteiger partial charge is 0.465 e. The number of hydrogen-bond acceptors (Lipinski definition) is 4. The molecule has 0 unspecified atom stereocenters. The number of aromatic nitrogens is 3. The Balaban J connectivity index is 1.87. The Labute approximate surface area is 131 Å². The molecule has 6 heteroatoms. The van der Waals surface area contributed by atoms with Crippen molar-refractivity contribution in [3.05, 3.63) is 59.1 Å². The zero-order chi connectivity index (χ0) is 15.5. The highest BCUT2D eigenvalue weighted by Crippen LogP contribution is 2.21. The van der Waals surface area contributed by atoms with Crippen LogP contribution in [0, 0.1) is 0 Å². The topological polar surface area (TPSA) is 67.9 Å². The van der Waals surface area contributed by atoms with E-state index in [0.29, 0.717) is 22.2 Å². The fourth-order valence-corrected chi connectivity index (χ4v) is 2.13. The van der Waals surface area contributed by atoms with E-state index in [1.165, 1.54) is 7.11 Å². The van der Waals surface area contributed by atoms with Gasteiger partial charge in [0.25, 0.3) is 0 Å². The van der Waals surface area contributed by atoms with E-state index < -0.39 is 0 Å². The van der Waals surface area contributed by atoms with Crippen LogP contribution in [0.5, 0.6) is 0 Å². The lowest BCUT2D eigenvalue weighted by Gasteiger charge is -1.99. The van der Waals surface area contributed by atoms with Crippen LogP contribution in [-0.4, -0.2) is 28.3 Å². The van der Waals surface area contributed by atoms with Crippen LogP contribution >= 0.6 is 11.6 Å². The molecule has 1 heterocycles. The molecule has 0 aliphatic carbocycles. The number of halogens is 1. The van der Waals surface area contributed by atoms with Gasteiger partial charge in [-0.25, -0.2) is 9.78 Å². The molecular weight excluding hydrogens is 302 g/mol. The maximum absolute atomic E-state index is 11.4. The molecule has 0 spiro atoms. The Kier molecular flexibility index (Phi) is 3.89. The van der Waals surface area contributed by atoms with Crippen LogP contribution in [0.1, 0.15) is 10.4 Å². The molecule has 0 bridgehead atoms. The van der Waals surface area contributed by atoms with E-state index in [-0.39, 0.29) is 5.97 Å². The van der Waals surface area contributed by atoms with Gasteiger partial charge in [-0.05, 0) is 36.4 Å². The molecule has 5 nitrogen and oxygen atoms in total. The van der Waals surface area contributed by atoms with Gasteiger partial charge >= 0.3 is 5.97 Å². The normalized spacial score (nSPS) is 10.5. The van der Waals surface area contributed by atoms with Crippen molar-refractivity contribution < 1.29 is 9.53 Å². The predicted molar refractivity (Wildman–Crippen MR) is 83.6 cm³/mol. The molecule has 0 aliphatic heterocycles. The number of rotatable bonds is 3. The second-order valence-electron chi connectivity index (χ2n) is 4.58. The van der Waals surface area contributed by atoms with Gasteiger partial charge in [0.15, 0.2) is 11.6 Å². The van der Waals surface area contributed by atoms with Crippen LogP contribution < -0.4 is 0 Å². The number of carbonyl (C=O) groups is 1. The first-order valence-corrected chi connectivity index (χ1v) is 6.92. The Morgan fingerprint density at radius 1 is 1.05 bits per heavy atom. The van der Waals surface area contributed by atoms with Crippen LogP contribution in [0.25, 0.3) is 22.8 Å². The van der Waals surface area contributed by atoms with E-state index in [4.69, 9.17) is 11.6 Å². The van der Waals surface area contributed by atoms with Crippen LogP contribution in [0.3, 0.4) is 0 Å². The van der Waals surface area contributed by atoms with Gasteiger partial charge in [-0.2, -0.15) is 5.10 Å². The highest BCUT2D eigenvalue weighted by molar-refractivity contribution is 6.30. The minimum absolute atomic E-state index is 0.372. The van der Waals surface area contributed by atoms with Crippen molar-refractivity contribution in [2.24, 2.45) is 0 Å². The number of nitrogens with zero attached hydrogens (tertiary/aromatic N) is 2. The fourth-order valence-electron chi connectivity index (χ4n) is 2.00. The van der Waals surface area contributed by atoms with Crippen molar-refractivity contribution in [1.29, 1.82) is 0 Å². The second kappa shape index (κ2) is 5.99. The van der Waals surface area contributed by atoms with Gasteiger partial charge in [0, 0.05) is 16.1 Å². The Bertz CT molecular complexity index is 795. The Morgan fingerprint density at radius 2 is 1.68 bits per heavy atom. The summed E-state index contributed by atoms with van der Waals surface area (Å²) in [6.45, 7) is 0. The lowest BCUT2D eigenvalue weighted by Crippen LogP contribution is -2.00. The summed E-state index contributed by atoms with van der Waals surface area (Å²) in [6, 6.07) is 14.2. The Hall–Kier alpha value is -2.66. The number of nitrogens with one attached hydrogen (secondary N) is 1. The van der Waals surface area contributed by atoms with Crippen molar-refractivity contribution in [3.63, 3.8) is 0 Å². The highest BCUT2D eigenvalue weighted by Gasteiger charge is 2.09. The van der Waals surface area contributed by atoms with E-state index in [0.717, 1.165) is 11.1 Å². The third-order valence-electron chi connectivity index (χ3n) is 3.17. The minimum Gasteiger partial charge on any atom is -0.465 e. The molecule has 3 aromatic rings. The minimum atomic E-state index is -0.372. The summed E-state index contributed by atoms with van der Waals surface area (Å²) in [5, 5.41) is 7.76. The van der Waals surface area contributed by atoms with Gasteiger partial charge in [0.2, 0.25) is 0 Å². The average Bonchev–Trinajstić information content (AvgIpc) is 3.05. The average molecular weight is 314 g/mol. The predicted octanol–water partition coefficient (Wildman–Crippen LogP) is 3.58. The standard InChI is InChI=1S/C16H12ClN3O2/c1-22-16(21)12-4-2-10(3-5-12)14-18-15(20-19-14)11-6-8-13(17)9-7-11/h2-9H,1H3,(H,18,19,20). The second-order valence-corrected chi connectivity index (χ2v) is 5.02. The zero-order valence-corrected chi connectivity index (χ0v) is 12.5. The molecule has 0 radical (unpaired) electrons. The summed E-state index contributed by atoms with van der Waals surface area (Å²) < 4.78 is 4.67. The molecule has 0 atom stereocenters. The molecule has 0 saturated carbocycles. The fraction of sp³-hybridized carbons (Fsp3) is 0.0625. The molecule has 0 saturated heterocycles. The highest BCUT2D eigenvalue weighted by atomic mass is 35.5. The number of ether oxygens (including phenoxy) is 1. The summed E-state index contributed by atoms with van der Waals surface area (Å²) in [5.74, 6) is 0.841. The van der Waals surface area contributed by atoms with E-state index in [9.17, 15) is 4.79 Å². The molecule has 110 valence electrons.